The molecule has 4 aliphatic rings. The zero-order chi connectivity index (χ0) is 20.3. The molecule has 0 saturated heterocycles. The SMILES string of the molecule is COc1cccc(-c2nc3ccccn3c2NC(=O)C23CC4CC(CC(C4)C2)C3)c1. The minimum Gasteiger partial charge on any atom is -0.497 e. The number of hydrogen-bond acceptors (Lipinski definition) is 3. The Hall–Kier alpha value is -2.82. The maximum Gasteiger partial charge on any atom is 0.231 e. The third-order valence-electron chi connectivity index (χ3n) is 7.62. The highest BCUT2D eigenvalue weighted by Gasteiger charge is 2.54. The van der Waals surface area contributed by atoms with E-state index in [0.717, 1.165) is 65.5 Å². The minimum atomic E-state index is -0.195. The van der Waals surface area contributed by atoms with Crippen molar-refractivity contribution in [3.8, 4) is 17.0 Å². The van der Waals surface area contributed by atoms with Crippen molar-refractivity contribution in [3.05, 3.63) is 48.7 Å². The van der Waals surface area contributed by atoms with Crippen LogP contribution in [0.15, 0.2) is 48.7 Å². The van der Waals surface area contributed by atoms with Gasteiger partial charge in [-0.1, -0.05) is 18.2 Å². The van der Waals surface area contributed by atoms with Gasteiger partial charge in [0, 0.05) is 11.8 Å². The fourth-order valence-electron chi connectivity index (χ4n) is 6.72. The van der Waals surface area contributed by atoms with Gasteiger partial charge < -0.3 is 10.1 Å². The molecule has 7 rings (SSSR count). The van der Waals surface area contributed by atoms with E-state index in [1.165, 1.54) is 19.3 Å². The van der Waals surface area contributed by atoms with E-state index in [0.29, 0.717) is 0 Å². The standard InChI is InChI=1S/C25H27N3O2/c1-30-20-6-4-5-19(12-20)22-23(28-8-3-2-7-21(28)26-22)27-24(29)25-13-16-9-17(14-25)11-18(10-16)15-25/h2-8,12,16-18H,9-11,13-15H2,1H3,(H,27,29). The molecule has 5 nitrogen and oxygen atoms in total. The molecule has 0 radical (unpaired) electrons. The Bertz CT molecular complexity index is 1100. The number of benzene rings is 1. The number of ether oxygens (including phenoxy) is 1. The molecule has 1 amide bonds. The predicted octanol–water partition coefficient (Wildman–Crippen LogP) is 5.16. The van der Waals surface area contributed by atoms with E-state index in [9.17, 15) is 4.79 Å². The molecule has 4 aliphatic carbocycles. The molecule has 0 aliphatic heterocycles. The fourth-order valence-corrected chi connectivity index (χ4v) is 6.72. The lowest BCUT2D eigenvalue weighted by Crippen LogP contribution is -2.51. The number of anilines is 1. The number of methoxy groups -OCH3 is 1. The summed E-state index contributed by atoms with van der Waals surface area (Å²) < 4.78 is 7.41. The number of fused-ring (bicyclic) bond motifs is 1. The van der Waals surface area contributed by atoms with Gasteiger partial charge in [0.1, 0.15) is 22.9 Å². The summed E-state index contributed by atoms with van der Waals surface area (Å²) in [5.74, 6) is 3.95. The summed E-state index contributed by atoms with van der Waals surface area (Å²) in [6.45, 7) is 0. The Morgan fingerprint density at radius 2 is 1.80 bits per heavy atom. The lowest BCUT2D eigenvalue weighted by molar-refractivity contribution is -0.140. The first kappa shape index (κ1) is 18.0. The monoisotopic (exact) mass is 401 g/mol. The molecule has 154 valence electrons. The van der Waals surface area contributed by atoms with Crippen molar-refractivity contribution in [2.75, 3.05) is 12.4 Å². The third-order valence-corrected chi connectivity index (χ3v) is 7.62. The molecule has 0 unspecified atom stereocenters. The number of nitrogens with zero attached hydrogens (tertiary/aromatic N) is 2. The zero-order valence-corrected chi connectivity index (χ0v) is 17.3. The highest BCUT2D eigenvalue weighted by Crippen LogP contribution is 2.60. The smallest absolute Gasteiger partial charge is 0.231 e. The number of carbonyl (C=O) groups excluding carboxylic acids is 1. The van der Waals surface area contributed by atoms with Gasteiger partial charge in [-0.05, 0) is 80.5 Å². The molecule has 30 heavy (non-hydrogen) atoms. The molecule has 4 fully saturated rings. The maximum atomic E-state index is 13.7. The molecule has 4 saturated carbocycles. The van der Waals surface area contributed by atoms with Gasteiger partial charge in [-0.15, -0.1) is 0 Å². The van der Waals surface area contributed by atoms with Crippen LogP contribution in [0.4, 0.5) is 5.82 Å². The minimum absolute atomic E-state index is 0.191. The zero-order valence-electron chi connectivity index (χ0n) is 17.3. The van der Waals surface area contributed by atoms with Gasteiger partial charge in [-0.2, -0.15) is 0 Å². The molecule has 0 spiro atoms. The Labute approximate surface area is 176 Å². The van der Waals surface area contributed by atoms with Crippen molar-refractivity contribution >= 4 is 17.4 Å². The molecule has 1 aromatic carbocycles. The summed E-state index contributed by atoms with van der Waals surface area (Å²) in [6.07, 6.45) is 9.12. The number of hydrogen-bond donors (Lipinski definition) is 1. The molecule has 4 bridgehead atoms. The average molecular weight is 402 g/mol. The van der Waals surface area contributed by atoms with Crippen molar-refractivity contribution in [1.82, 2.24) is 9.38 Å². The summed E-state index contributed by atoms with van der Waals surface area (Å²) in [5, 5.41) is 3.35. The van der Waals surface area contributed by atoms with Crippen LogP contribution in [0.1, 0.15) is 38.5 Å². The second-order valence-corrected chi connectivity index (χ2v) is 9.62. The first-order valence-electron chi connectivity index (χ1n) is 11.1. The van der Waals surface area contributed by atoms with Crippen LogP contribution in [0.3, 0.4) is 0 Å². The highest BCUT2D eigenvalue weighted by atomic mass is 16.5. The van der Waals surface area contributed by atoms with Crippen molar-refractivity contribution in [1.29, 1.82) is 0 Å². The van der Waals surface area contributed by atoms with Crippen LogP contribution in [0.25, 0.3) is 16.9 Å². The topological polar surface area (TPSA) is 55.6 Å². The Kier molecular flexibility index (Phi) is 3.95. The van der Waals surface area contributed by atoms with Gasteiger partial charge in [0.15, 0.2) is 0 Å². The van der Waals surface area contributed by atoms with Crippen molar-refractivity contribution in [2.45, 2.75) is 38.5 Å². The average Bonchev–Trinajstić information content (AvgIpc) is 3.11. The highest BCUT2D eigenvalue weighted by molar-refractivity contribution is 5.98. The number of amides is 1. The summed E-state index contributed by atoms with van der Waals surface area (Å²) in [5.41, 5.74) is 2.37. The van der Waals surface area contributed by atoms with E-state index < -0.39 is 0 Å². The predicted molar refractivity (Wildman–Crippen MR) is 116 cm³/mol. The third kappa shape index (κ3) is 2.75. The Morgan fingerprint density at radius 1 is 1.07 bits per heavy atom. The van der Waals surface area contributed by atoms with Crippen LogP contribution in [0.2, 0.25) is 0 Å². The number of pyridine rings is 1. The molecule has 3 aromatic rings. The molecule has 2 aromatic heterocycles. The van der Waals surface area contributed by atoms with Gasteiger partial charge in [0.25, 0.3) is 0 Å². The van der Waals surface area contributed by atoms with E-state index in [1.807, 2.05) is 53.1 Å². The van der Waals surface area contributed by atoms with E-state index >= 15 is 0 Å². The first-order chi connectivity index (χ1) is 14.6. The van der Waals surface area contributed by atoms with Crippen LogP contribution in [0, 0.1) is 23.2 Å². The molecule has 2 heterocycles. The Balaban J connectivity index is 1.41. The van der Waals surface area contributed by atoms with Crippen LogP contribution in [-0.4, -0.2) is 22.4 Å². The summed E-state index contributed by atoms with van der Waals surface area (Å²) in [6, 6.07) is 13.8. The van der Waals surface area contributed by atoms with Gasteiger partial charge in [0.2, 0.25) is 5.91 Å². The van der Waals surface area contributed by atoms with Crippen LogP contribution in [-0.2, 0) is 4.79 Å². The molecule has 5 heteroatoms. The van der Waals surface area contributed by atoms with Crippen molar-refractivity contribution in [3.63, 3.8) is 0 Å². The summed E-state index contributed by atoms with van der Waals surface area (Å²) >= 11 is 0. The fraction of sp³-hybridized carbons (Fsp3) is 0.440. The number of carbonyl (C=O) groups is 1. The molecule has 1 N–H and O–H groups in total. The van der Waals surface area contributed by atoms with Gasteiger partial charge >= 0.3 is 0 Å². The number of nitrogens with one attached hydrogen (secondary N) is 1. The van der Waals surface area contributed by atoms with E-state index in [1.54, 1.807) is 7.11 Å². The normalized spacial score (nSPS) is 29.3. The van der Waals surface area contributed by atoms with Crippen LogP contribution >= 0.6 is 0 Å². The lowest BCUT2D eigenvalue weighted by atomic mass is 9.49. The van der Waals surface area contributed by atoms with E-state index in [-0.39, 0.29) is 11.3 Å². The second kappa shape index (κ2) is 6.59. The van der Waals surface area contributed by atoms with Crippen LogP contribution < -0.4 is 10.1 Å². The van der Waals surface area contributed by atoms with E-state index in [4.69, 9.17) is 9.72 Å². The quantitative estimate of drug-likeness (QED) is 0.657. The van der Waals surface area contributed by atoms with E-state index in [2.05, 4.69) is 5.32 Å². The van der Waals surface area contributed by atoms with Gasteiger partial charge in [-0.25, -0.2) is 4.98 Å². The molecular formula is C25H27N3O2. The summed E-state index contributed by atoms with van der Waals surface area (Å²) in [4.78, 5) is 18.6. The number of aromatic nitrogens is 2. The molecule has 0 atom stereocenters. The maximum absolute atomic E-state index is 13.7. The number of rotatable bonds is 4. The summed E-state index contributed by atoms with van der Waals surface area (Å²) in [7, 11) is 1.67. The first-order valence-corrected chi connectivity index (χ1v) is 11.1. The van der Waals surface area contributed by atoms with Crippen molar-refractivity contribution in [2.24, 2.45) is 23.2 Å². The molecular weight excluding hydrogens is 374 g/mol. The second-order valence-electron chi connectivity index (χ2n) is 9.62. The van der Waals surface area contributed by atoms with Crippen molar-refractivity contribution < 1.29 is 9.53 Å². The Morgan fingerprint density at radius 3 is 2.50 bits per heavy atom. The van der Waals surface area contributed by atoms with Gasteiger partial charge in [0.05, 0.1) is 12.5 Å². The van der Waals surface area contributed by atoms with Crippen LogP contribution in [0.5, 0.6) is 5.75 Å². The lowest BCUT2D eigenvalue weighted by Gasteiger charge is -2.55. The largest absolute Gasteiger partial charge is 0.497 e. The van der Waals surface area contributed by atoms with Gasteiger partial charge in [-0.3, -0.25) is 9.20 Å². The number of imidazole rings is 1.